The maximum absolute atomic E-state index is 3.78. The molecular formula is C7H12N4. The van der Waals surface area contributed by atoms with E-state index in [1.165, 1.54) is 12.8 Å². The van der Waals surface area contributed by atoms with Crippen molar-refractivity contribution < 1.29 is 0 Å². The molecule has 0 unspecified atom stereocenters. The van der Waals surface area contributed by atoms with Gasteiger partial charge >= 0.3 is 0 Å². The summed E-state index contributed by atoms with van der Waals surface area (Å²) in [5, 5.41) is 10.9. The van der Waals surface area contributed by atoms with Crippen LogP contribution in [-0.4, -0.2) is 27.9 Å². The molecule has 1 saturated heterocycles. The van der Waals surface area contributed by atoms with E-state index in [0.717, 1.165) is 13.1 Å². The van der Waals surface area contributed by atoms with Gasteiger partial charge in [0.1, 0.15) is 12.7 Å². The summed E-state index contributed by atoms with van der Waals surface area (Å²) in [7, 11) is 0. The number of nitrogens with zero attached hydrogens (tertiary/aromatic N) is 3. The van der Waals surface area contributed by atoms with Crippen LogP contribution in [0.25, 0.3) is 0 Å². The SMILES string of the molecule is c1nncn1[C@H]1CCCNC1. The molecule has 1 aliphatic rings. The van der Waals surface area contributed by atoms with Gasteiger partial charge in [-0.1, -0.05) is 0 Å². The normalized spacial score (nSPS) is 25.3. The maximum Gasteiger partial charge on any atom is 0.119 e. The van der Waals surface area contributed by atoms with E-state index in [1.807, 2.05) is 0 Å². The first-order valence-corrected chi connectivity index (χ1v) is 4.01. The number of aromatic nitrogens is 3. The van der Waals surface area contributed by atoms with Crippen LogP contribution in [0.3, 0.4) is 0 Å². The molecule has 0 saturated carbocycles. The molecule has 0 aromatic carbocycles. The fourth-order valence-corrected chi connectivity index (χ4v) is 1.49. The zero-order valence-corrected chi connectivity index (χ0v) is 6.40. The third kappa shape index (κ3) is 1.40. The molecule has 1 aromatic heterocycles. The number of piperidine rings is 1. The van der Waals surface area contributed by atoms with Gasteiger partial charge in [-0.05, 0) is 19.4 Å². The highest BCUT2D eigenvalue weighted by Crippen LogP contribution is 2.14. The number of nitrogens with one attached hydrogen (secondary N) is 1. The molecule has 0 aliphatic carbocycles. The lowest BCUT2D eigenvalue weighted by molar-refractivity contribution is 0.370. The number of hydrogen-bond donors (Lipinski definition) is 1. The molecule has 11 heavy (non-hydrogen) atoms. The van der Waals surface area contributed by atoms with Crippen molar-refractivity contribution in [1.29, 1.82) is 0 Å². The van der Waals surface area contributed by atoms with Crippen molar-refractivity contribution in [2.45, 2.75) is 18.9 Å². The molecular weight excluding hydrogens is 140 g/mol. The minimum absolute atomic E-state index is 0.568. The summed E-state index contributed by atoms with van der Waals surface area (Å²) in [4.78, 5) is 0. The molecule has 4 nitrogen and oxygen atoms in total. The fraction of sp³-hybridized carbons (Fsp3) is 0.714. The highest BCUT2D eigenvalue weighted by molar-refractivity contribution is 4.77. The van der Waals surface area contributed by atoms with E-state index >= 15 is 0 Å². The third-order valence-corrected chi connectivity index (χ3v) is 2.13. The highest BCUT2D eigenvalue weighted by atomic mass is 15.2. The minimum atomic E-state index is 0.568. The topological polar surface area (TPSA) is 42.7 Å². The van der Waals surface area contributed by atoms with E-state index in [2.05, 4.69) is 20.1 Å². The van der Waals surface area contributed by atoms with Crippen molar-refractivity contribution in [2.24, 2.45) is 0 Å². The van der Waals surface area contributed by atoms with Crippen molar-refractivity contribution in [3.8, 4) is 0 Å². The Morgan fingerprint density at radius 1 is 1.36 bits per heavy atom. The molecule has 4 heteroatoms. The van der Waals surface area contributed by atoms with Crippen molar-refractivity contribution in [2.75, 3.05) is 13.1 Å². The Morgan fingerprint density at radius 2 is 2.18 bits per heavy atom. The van der Waals surface area contributed by atoms with Crippen LogP contribution in [0, 0.1) is 0 Å². The Balaban J connectivity index is 2.04. The monoisotopic (exact) mass is 152 g/mol. The van der Waals surface area contributed by atoms with E-state index in [-0.39, 0.29) is 0 Å². The third-order valence-electron chi connectivity index (χ3n) is 2.13. The van der Waals surface area contributed by atoms with Crippen LogP contribution >= 0.6 is 0 Å². The Hall–Kier alpha value is -0.900. The molecule has 1 atom stereocenters. The molecule has 0 bridgehead atoms. The quantitative estimate of drug-likeness (QED) is 0.625. The fourth-order valence-electron chi connectivity index (χ4n) is 1.49. The van der Waals surface area contributed by atoms with E-state index in [0.29, 0.717) is 6.04 Å². The first kappa shape index (κ1) is 6.79. The lowest BCUT2D eigenvalue weighted by Crippen LogP contribution is -2.31. The summed E-state index contributed by atoms with van der Waals surface area (Å²) in [5.41, 5.74) is 0. The van der Waals surface area contributed by atoms with Crippen LogP contribution in [0.1, 0.15) is 18.9 Å². The first-order valence-electron chi connectivity index (χ1n) is 4.01. The Morgan fingerprint density at radius 3 is 2.82 bits per heavy atom. The molecule has 60 valence electrons. The molecule has 1 N–H and O–H groups in total. The largest absolute Gasteiger partial charge is 0.316 e. The highest BCUT2D eigenvalue weighted by Gasteiger charge is 2.13. The second-order valence-corrected chi connectivity index (χ2v) is 2.91. The molecule has 1 aromatic rings. The van der Waals surface area contributed by atoms with Gasteiger partial charge in [0.2, 0.25) is 0 Å². The summed E-state index contributed by atoms with van der Waals surface area (Å²) < 4.78 is 2.08. The van der Waals surface area contributed by atoms with Gasteiger partial charge < -0.3 is 9.88 Å². The van der Waals surface area contributed by atoms with E-state index < -0.39 is 0 Å². The van der Waals surface area contributed by atoms with Crippen molar-refractivity contribution in [1.82, 2.24) is 20.1 Å². The van der Waals surface area contributed by atoms with Gasteiger partial charge in [0.15, 0.2) is 0 Å². The van der Waals surface area contributed by atoms with Gasteiger partial charge in [-0.2, -0.15) is 0 Å². The van der Waals surface area contributed by atoms with Crippen LogP contribution in [0.2, 0.25) is 0 Å². The summed E-state index contributed by atoms with van der Waals surface area (Å²) >= 11 is 0. The first-order chi connectivity index (χ1) is 5.47. The molecule has 0 amide bonds. The van der Waals surface area contributed by atoms with Gasteiger partial charge in [0.05, 0.1) is 0 Å². The predicted molar refractivity (Wildman–Crippen MR) is 41.2 cm³/mol. The maximum atomic E-state index is 3.78. The van der Waals surface area contributed by atoms with Gasteiger partial charge in [-0.25, -0.2) is 0 Å². The Kier molecular flexibility index (Phi) is 1.85. The van der Waals surface area contributed by atoms with Crippen LogP contribution in [0.4, 0.5) is 0 Å². The zero-order valence-electron chi connectivity index (χ0n) is 6.40. The lowest BCUT2D eigenvalue weighted by Gasteiger charge is -2.22. The molecule has 1 fully saturated rings. The molecule has 1 aliphatic heterocycles. The van der Waals surface area contributed by atoms with Crippen molar-refractivity contribution >= 4 is 0 Å². The van der Waals surface area contributed by atoms with E-state index in [1.54, 1.807) is 12.7 Å². The average molecular weight is 152 g/mol. The summed E-state index contributed by atoms with van der Waals surface area (Å²) in [6, 6.07) is 0.568. The minimum Gasteiger partial charge on any atom is -0.316 e. The number of hydrogen-bond acceptors (Lipinski definition) is 3. The van der Waals surface area contributed by atoms with Gasteiger partial charge in [0, 0.05) is 12.6 Å². The number of rotatable bonds is 1. The smallest absolute Gasteiger partial charge is 0.119 e. The molecule has 0 spiro atoms. The van der Waals surface area contributed by atoms with Crippen LogP contribution in [-0.2, 0) is 0 Å². The summed E-state index contributed by atoms with van der Waals surface area (Å²) in [6.07, 6.45) is 6.07. The second-order valence-electron chi connectivity index (χ2n) is 2.91. The van der Waals surface area contributed by atoms with Crippen LogP contribution < -0.4 is 5.32 Å². The van der Waals surface area contributed by atoms with Gasteiger partial charge in [-0.15, -0.1) is 10.2 Å². The zero-order chi connectivity index (χ0) is 7.52. The summed E-state index contributed by atoms with van der Waals surface area (Å²) in [6.45, 7) is 2.21. The van der Waals surface area contributed by atoms with Crippen molar-refractivity contribution in [3.63, 3.8) is 0 Å². The Labute approximate surface area is 65.6 Å². The van der Waals surface area contributed by atoms with Crippen molar-refractivity contribution in [3.05, 3.63) is 12.7 Å². The Bertz CT molecular complexity index is 200. The van der Waals surface area contributed by atoms with Crippen LogP contribution in [0.5, 0.6) is 0 Å². The standard InChI is InChI=1S/C7H12N4/c1-2-7(4-8-3-1)11-5-9-10-6-11/h5-8H,1-4H2/t7-/m0/s1. The molecule has 2 rings (SSSR count). The average Bonchev–Trinajstić information content (AvgIpc) is 2.58. The molecule has 0 radical (unpaired) electrons. The lowest BCUT2D eigenvalue weighted by atomic mass is 10.1. The summed E-state index contributed by atoms with van der Waals surface area (Å²) in [5.74, 6) is 0. The van der Waals surface area contributed by atoms with E-state index in [9.17, 15) is 0 Å². The van der Waals surface area contributed by atoms with Gasteiger partial charge in [0.25, 0.3) is 0 Å². The predicted octanol–water partition coefficient (Wildman–Crippen LogP) is 0.203. The second kappa shape index (κ2) is 3.00. The van der Waals surface area contributed by atoms with E-state index in [4.69, 9.17) is 0 Å². The van der Waals surface area contributed by atoms with Crippen LogP contribution in [0.15, 0.2) is 12.7 Å². The molecule has 2 heterocycles. The van der Waals surface area contributed by atoms with Gasteiger partial charge in [-0.3, -0.25) is 0 Å².